The molecule has 0 heterocycles. The molecule has 2 aliphatic carbocycles. The lowest BCUT2D eigenvalue weighted by Gasteiger charge is -2.23. The van der Waals surface area contributed by atoms with Crippen LogP contribution in [-0.4, -0.2) is 17.7 Å². The fourth-order valence-corrected chi connectivity index (χ4v) is 4.76. The van der Waals surface area contributed by atoms with Crippen LogP contribution in [0.2, 0.25) is 0 Å². The van der Waals surface area contributed by atoms with Crippen molar-refractivity contribution in [3.8, 4) is 5.75 Å². The van der Waals surface area contributed by atoms with Crippen molar-refractivity contribution in [2.24, 2.45) is 0 Å². The highest BCUT2D eigenvalue weighted by Crippen LogP contribution is 2.34. The molecule has 0 radical (unpaired) electrons. The number of aryl methyl sites for hydroxylation is 3. The Morgan fingerprint density at radius 1 is 0.867 bits per heavy atom. The molecule has 158 valence electrons. The van der Waals surface area contributed by atoms with Gasteiger partial charge < -0.3 is 9.84 Å². The van der Waals surface area contributed by atoms with Crippen LogP contribution in [0.4, 0.5) is 0 Å². The van der Waals surface area contributed by atoms with Gasteiger partial charge in [0.25, 0.3) is 0 Å². The number of aliphatic carboxylic acids is 1. The van der Waals surface area contributed by atoms with Crippen molar-refractivity contribution < 1.29 is 14.6 Å². The normalized spacial score (nSPS) is 16.3. The summed E-state index contributed by atoms with van der Waals surface area (Å²) in [5.41, 5.74) is 8.61. The van der Waals surface area contributed by atoms with E-state index >= 15 is 0 Å². The minimum atomic E-state index is -0.731. The van der Waals surface area contributed by atoms with E-state index in [9.17, 15) is 4.79 Å². The number of hydrogen-bond acceptors (Lipinski definition) is 2. The third-order valence-electron chi connectivity index (χ3n) is 6.47. The highest BCUT2D eigenvalue weighted by atomic mass is 16.5. The number of carboxylic acid groups (broad SMARTS) is 1. The first-order valence-corrected chi connectivity index (χ1v) is 11.5. The molecular formula is C27H32O3. The second-order valence-corrected chi connectivity index (χ2v) is 8.66. The average Bonchev–Trinajstić information content (AvgIpc) is 2.78. The standard InChI is InChI=1S/C27H32O3/c28-27(29)11-5-6-20-12-16-25(17-13-20)30-19-24-9-3-4-10-26(24)23-15-14-21-7-1-2-8-22(21)18-23/h12-18H,1-11,19H2,(H,28,29). The lowest BCUT2D eigenvalue weighted by molar-refractivity contribution is -0.137. The van der Waals surface area contributed by atoms with Crippen molar-refractivity contribution >= 4 is 11.5 Å². The highest BCUT2D eigenvalue weighted by molar-refractivity contribution is 5.70. The molecule has 3 nitrogen and oxygen atoms in total. The van der Waals surface area contributed by atoms with Crippen LogP contribution < -0.4 is 4.74 Å². The van der Waals surface area contributed by atoms with E-state index in [1.54, 1.807) is 11.1 Å². The molecule has 0 atom stereocenters. The van der Waals surface area contributed by atoms with Crippen LogP contribution in [-0.2, 0) is 24.1 Å². The van der Waals surface area contributed by atoms with Crippen LogP contribution in [0.3, 0.4) is 0 Å². The summed E-state index contributed by atoms with van der Waals surface area (Å²) >= 11 is 0. The van der Waals surface area contributed by atoms with Gasteiger partial charge in [-0.05, 0) is 110 Å². The molecule has 4 rings (SSSR count). The number of carbonyl (C=O) groups is 1. The molecule has 3 heteroatoms. The topological polar surface area (TPSA) is 46.5 Å². The highest BCUT2D eigenvalue weighted by Gasteiger charge is 2.17. The zero-order chi connectivity index (χ0) is 20.8. The first-order valence-electron chi connectivity index (χ1n) is 11.5. The van der Waals surface area contributed by atoms with E-state index in [4.69, 9.17) is 9.84 Å². The van der Waals surface area contributed by atoms with Crippen LogP contribution in [0.15, 0.2) is 48.0 Å². The summed E-state index contributed by atoms with van der Waals surface area (Å²) in [5, 5.41) is 8.77. The van der Waals surface area contributed by atoms with Gasteiger partial charge in [0.15, 0.2) is 0 Å². The summed E-state index contributed by atoms with van der Waals surface area (Å²) in [6, 6.07) is 15.3. The molecular weight excluding hydrogens is 372 g/mol. The van der Waals surface area contributed by atoms with Crippen LogP contribution in [0, 0.1) is 0 Å². The molecule has 0 unspecified atom stereocenters. The third kappa shape index (κ3) is 5.33. The van der Waals surface area contributed by atoms with E-state index in [1.807, 2.05) is 12.1 Å². The summed E-state index contributed by atoms with van der Waals surface area (Å²) in [4.78, 5) is 10.7. The molecule has 1 N–H and O–H groups in total. The Hall–Kier alpha value is -2.55. The van der Waals surface area contributed by atoms with Gasteiger partial charge in [0.1, 0.15) is 12.4 Å². The minimum absolute atomic E-state index is 0.220. The largest absolute Gasteiger partial charge is 0.489 e. The summed E-state index contributed by atoms with van der Waals surface area (Å²) in [7, 11) is 0. The van der Waals surface area contributed by atoms with E-state index in [-0.39, 0.29) is 6.42 Å². The smallest absolute Gasteiger partial charge is 0.303 e. The maximum Gasteiger partial charge on any atom is 0.303 e. The first kappa shape index (κ1) is 20.7. The van der Waals surface area contributed by atoms with Gasteiger partial charge in [-0.3, -0.25) is 4.79 Å². The van der Waals surface area contributed by atoms with Gasteiger partial charge in [0.05, 0.1) is 0 Å². The summed E-state index contributed by atoms with van der Waals surface area (Å²) in [6.07, 6.45) is 11.6. The van der Waals surface area contributed by atoms with Gasteiger partial charge in [-0.1, -0.05) is 30.3 Å². The van der Waals surface area contributed by atoms with Gasteiger partial charge in [0.2, 0.25) is 0 Å². The molecule has 2 aliphatic rings. The van der Waals surface area contributed by atoms with Gasteiger partial charge in [-0.25, -0.2) is 0 Å². The molecule has 0 aromatic heterocycles. The molecule has 0 amide bonds. The maximum absolute atomic E-state index is 10.7. The van der Waals surface area contributed by atoms with Crippen LogP contribution in [0.5, 0.6) is 5.75 Å². The number of carboxylic acids is 1. The van der Waals surface area contributed by atoms with Crippen molar-refractivity contribution in [2.75, 3.05) is 6.61 Å². The molecule has 2 aromatic carbocycles. The number of fused-ring (bicyclic) bond motifs is 1. The van der Waals surface area contributed by atoms with Gasteiger partial charge in [-0.2, -0.15) is 0 Å². The van der Waals surface area contributed by atoms with E-state index in [1.165, 1.54) is 55.2 Å². The zero-order valence-electron chi connectivity index (χ0n) is 17.8. The Bertz CT molecular complexity index is 908. The third-order valence-corrected chi connectivity index (χ3v) is 6.47. The Kier molecular flexibility index (Phi) is 6.88. The summed E-state index contributed by atoms with van der Waals surface area (Å²) in [6.45, 7) is 0.658. The van der Waals surface area contributed by atoms with Gasteiger partial charge in [0, 0.05) is 6.42 Å². The van der Waals surface area contributed by atoms with Crippen molar-refractivity contribution in [3.05, 3.63) is 70.3 Å². The molecule has 0 saturated carbocycles. The lowest BCUT2D eigenvalue weighted by atomic mass is 9.84. The Balaban J connectivity index is 1.42. The van der Waals surface area contributed by atoms with Gasteiger partial charge in [-0.15, -0.1) is 0 Å². The van der Waals surface area contributed by atoms with Crippen molar-refractivity contribution in [1.82, 2.24) is 0 Å². The Labute approximate surface area is 179 Å². The fourth-order valence-electron chi connectivity index (χ4n) is 4.76. The summed E-state index contributed by atoms with van der Waals surface area (Å²) < 4.78 is 6.16. The van der Waals surface area contributed by atoms with E-state index < -0.39 is 5.97 Å². The van der Waals surface area contributed by atoms with Crippen molar-refractivity contribution in [1.29, 1.82) is 0 Å². The maximum atomic E-state index is 10.7. The van der Waals surface area contributed by atoms with Crippen LogP contribution in [0.1, 0.15) is 73.6 Å². The second kappa shape index (κ2) is 9.97. The van der Waals surface area contributed by atoms with E-state index in [0.29, 0.717) is 13.0 Å². The SMILES string of the molecule is O=C(O)CCCc1ccc(OCC2=C(c3ccc4c(c3)CCCC4)CCCC2)cc1. The fraction of sp³-hybridized carbons (Fsp3) is 0.444. The predicted molar refractivity (Wildman–Crippen MR) is 121 cm³/mol. The molecule has 0 spiro atoms. The van der Waals surface area contributed by atoms with Crippen molar-refractivity contribution in [2.45, 2.75) is 70.6 Å². The Morgan fingerprint density at radius 3 is 2.40 bits per heavy atom. The molecule has 2 aromatic rings. The first-order chi connectivity index (χ1) is 14.7. The van der Waals surface area contributed by atoms with Crippen LogP contribution in [0.25, 0.3) is 5.57 Å². The Morgan fingerprint density at radius 2 is 1.60 bits per heavy atom. The molecule has 0 saturated heterocycles. The number of ether oxygens (including phenoxy) is 1. The predicted octanol–water partition coefficient (Wildman–Crippen LogP) is 6.38. The zero-order valence-corrected chi connectivity index (χ0v) is 17.8. The number of allylic oxidation sites excluding steroid dienone is 1. The van der Waals surface area contributed by atoms with Crippen LogP contribution >= 0.6 is 0 Å². The molecule has 0 bridgehead atoms. The molecule has 30 heavy (non-hydrogen) atoms. The lowest BCUT2D eigenvalue weighted by Crippen LogP contribution is -2.09. The number of hydrogen-bond donors (Lipinski definition) is 1. The number of benzene rings is 2. The minimum Gasteiger partial charge on any atom is -0.489 e. The average molecular weight is 405 g/mol. The number of rotatable bonds is 8. The summed E-state index contributed by atoms with van der Waals surface area (Å²) in [5.74, 6) is 0.158. The van der Waals surface area contributed by atoms with Gasteiger partial charge >= 0.3 is 5.97 Å². The quantitative estimate of drug-likeness (QED) is 0.555. The second-order valence-electron chi connectivity index (χ2n) is 8.66. The molecule has 0 fully saturated rings. The van der Waals surface area contributed by atoms with Crippen molar-refractivity contribution in [3.63, 3.8) is 0 Å². The van der Waals surface area contributed by atoms with E-state index in [0.717, 1.165) is 30.6 Å². The monoisotopic (exact) mass is 404 g/mol. The van der Waals surface area contributed by atoms with E-state index in [2.05, 4.69) is 30.3 Å². The molecule has 0 aliphatic heterocycles.